The molecule has 0 bridgehead atoms. The van der Waals surface area contributed by atoms with Crippen molar-refractivity contribution in [3.63, 3.8) is 0 Å². The molecule has 8 nitrogen and oxygen atoms in total. The number of H-pyrrole nitrogens is 1. The Kier molecular flexibility index (Phi) is 4.81. The van der Waals surface area contributed by atoms with Gasteiger partial charge in [-0.3, -0.25) is 19.7 Å². The molecule has 1 aliphatic heterocycles. The van der Waals surface area contributed by atoms with Crippen LogP contribution in [0.2, 0.25) is 0 Å². The number of benzene rings is 2. The first-order chi connectivity index (χ1) is 13.5. The number of amides is 2. The van der Waals surface area contributed by atoms with Crippen molar-refractivity contribution >= 4 is 22.8 Å². The molecule has 5 N–H and O–H groups in total. The van der Waals surface area contributed by atoms with Crippen LogP contribution in [0.5, 0.6) is 0 Å². The van der Waals surface area contributed by atoms with Crippen molar-refractivity contribution in [2.45, 2.75) is 18.9 Å². The van der Waals surface area contributed by atoms with Gasteiger partial charge < -0.3 is 10.7 Å². The summed E-state index contributed by atoms with van der Waals surface area (Å²) < 4.78 is 0. The van der Waals surface area contributed by atoms with Crippen LogP contribution in [-0.2, 0) is 6.54 Å². The number of aromatic nitrogens is 2. The van der Waals surface area contributed by atoms with E-state index < -0.39 is 11.8 Å². The van der Waals surface area contributed by atoms with Crippen LogP contribution < -0.4 is 11.2 Å². The summed E-state index contributed by atoms with van der Waals surface area (Å²) in [5.74, 6) is 0.136. The highest BCUT2D eigenvalue weighted by Crippen LogP contribution is 2.28. The molecule has 2 amide bonds. The number of hydrogen-bond acceptors (Lipinski definition) is 5. The molecule has 1 saturated heterocycles. The molecule has 2 aromatic carbocycles. The first-order valence-electron chi connectivity index (χ1n) is 9.09. The van der Waals surface area contributed by atoms with E-state index in [-0.39, 0.29) is 5.92 Å². The summed E-state index contributed by atoms with van der Waals surface area (Å²) in [6.07, 6.45) is 0.969. The monoisotopic (exact) mass is 379 g/mol. The van der Waals surface area contributed by atoms with Crippen molar-refractivity contribution < 1.29 is 14.8 Å². The van der Waals surface area contributed by atoms with Gasteiger partial charge in [-0.25, -0.2) is 10.5 Å². The Morgan fingerprint density at radius 1 is 1.25 bits per heavy atom. The zero-order chi connectivity index (χ0) is 19.7. The minimum Gasteiger partial charge on any atom is -0.366 e. The number of fused-ring (bicyclic) bond motifs is 1. The summed E-state index contributed by atoms with van der Waals surface area (Å²) in [6.45, 7) is 2.55. The normalized spacial score (nSPS) is 17.1. The summed E-state index contributed by atoms with van der Waals surface area (Å²) in [4.78, 5) is 33.3. The topological polar surface area (TPSA) is 124 Å². The van der Waals surface area contributed by atoms with E-state index in [1.54, 1.807) is 29.7 Å². The number of hydroxylamine groups is 1. The second-order valence-corrected chi connectivity index (χ2v) is 7.05. The zero-order valence-electron chi connectivity index (χ0n) is 15.2. The predicted molar refractivity (Wildman–Crippen MR) is 103 cm³/mol. The Labute approximate surface area is 161 Å². The number of likely N-dealkylation sites (tertiary alicyclic amines) is 1. The molecule has 8 heteroatoms. The molecule has 4 rings (SSSR count). The van der Waals surface area contributed by atoms with Gasteiger partial charge >= 0.3 is 0 Å². The average Bonchev–Trinajstić information content (AvgIpc) is 3.34. The second kappa shape index (κ2) is 7.41. The largest absolute Gasteiger partial charge is 0.366 e. The Hall–Kier alpha value is -3.23. The summed E-state index contributed by atoms with van der Waals surface area (Å²) in [6, 6.07) is 12.5. The number of para-hydroxylation sites is 1. The molecule has 144 valence electrons. The van der Waals surface area contributed by atoms with Crippen molar-refractivity contribution in [3.05, 3.63) is 65.0 Å². The molecule has 0 radical (unpaired) electrons. The lowest BCUT2D eigenvalue weighted by Crippen LogP contribution is -2.21. The lowest BCUT2D eigenvalue weighted by molar-refractivity contribution is 0.0706. The molecule has 0 spiro atoms. The Morgan fingerprint density at radius 2 is 2.04 bits per heavy atom. The highest BCUT2D eigenvalue weighted by atomic mass is 16.5. The zero-order valence-corrected chi connectivity index (χ0v) is 15.2. The third-order valence-corrected chi connectivity index (χ3v) is 5.18. The predicted octanol–water partition coefficient (Wildman–Crippen LogP) is 1.77. The molecular weight excluding hydrogens is 358 g/mol. The number of aromatic amines is 1. The number of rotatable bonds is 5. The molecule has 0 saturated carbocycles. The van der Waals surface area contributed by atoms with E-state index in [1.807, 2.05) is 18.2 Å². The molecule has 2 heterocycles. The van der Waals surface area contributed by atoms with E-state index in [2.05, 4.69) is 14.9 Å². The minimum atomic E-state index is -0.520. The summed E-state index contributed by atoms with van der Waals surface area (Å²) >= 11 is 0. The Bertz CT molecular complexity index is 1030. The van der Waals surface area contributed by atoms with Crippen LogP contribution in [-0.4, -0.2) is 45.0 Å². The van der Waals surface area contributed by atoms with Crippen LogP contribution in [0.1, 0.15) is 44.4 Å². The van der Waals surface area contributed by atoms with Gasteiger partial charge in [-0.2, -0.15) is 0 Å². The molecule has 1 aliphatic rings. The summed E-state index contributed by atoms with van der Waals surface area (Å²) in [5.41, 5.74) is 10.5. The van der Waals surface area contributed by atoms with Crippen molar-refractivity contribution in [2.75, 3.05) is 13.1 Å². The quantitative estimate of drug-likeness (QED) is 0.397. The van der Waals surface area contributed by atoms with E-state index in [0.717, 1.165) is 43.0 Å². The van der Waals surface area contributed by atoms with E-state index in [1.165, 1.54) is 0 Å². The van der Waals surface area contributed by atoms with Gasteiger partial charge in [-0.05, 0) is 42.8 Å². The first-order valence-corrected chi connectivity index (χ1v) is 9.09. The van der Waals surface area contributed by atoms with Crippen molar-refractivity contribution in [3.8, 4) is 0 Å². The fourth-order valence-corrected chi connectivity index (χ4v) is 3.73. The van der Waals surface area contributed by atoms with Gasteiger partial charge in [0.1, 0.15) is 11.3 Å². The number of imidazole rings is 1. The van der Waals surface area contributed by atoms with Crippen LogP contribution in [0.25, 0.3) is 11.0 Å². The number of nitrogens with two attached hydrogens (primary N) is 1. The van der Waals surface area contributed by atoms with Crippen molar-refractivity contribution in [1.82, 2.24) is 20.3 Å². The van der Waals surface area contributed by atoms with Gasteiger partial charge in [0.15, 0.2) is 0 Å². The SMILES string of the molecule is NC(=O)c1cccc2[nH]c(C3CCN(Cc4ccc(C(=O)NO)cc4)C3)nc12. The standard InChI is InChI=1S/C20H21N5O3/c21-18(26)15-2-1-3-16-17(15)23-19(22-16)14-8-9-25(11-14)10-12-4-6-13(7-5-12)20(27)24-28/h1-7,14,28H,8-11H2,(H2,21,26)(H,22,23)(H,24,27). The highest BCUT2D eigenvalue weighted by molar-refractivity contribution is 6.04. The molecule has 1 unspecified atom stereocenters. The maximum absolute atomic E-state index is 11.6. The van der Waals surface area contributed by atoms with Crippen molar-refractivity contribution in [2.24, 2.45) is 5.73 Å². The van der Waals surface area contributed by atoms with E-state index in [9.17, 15) is 9.59 Å². The van der Waals surface area contributed by atoms with Crippen LogP contribution in [0, 0.1) is 0 Å². The van der Waals surface area contributed by atoms with Crippen LogP contribution >= 0.6 is 0 Å². The Balaban J connectivity index is 1.45. The number of primary amides is 1. The third kappa shape index (κ3) is 3.47. The number of nitrogens with zero attached hydrogens (tertiary/aromatic N) is 2. The maximum Gasteiger partial charge on any atom is 0.274 e. The first kappa shape index (κ1) is 18.1. The Morgan fingerprint density at radius 3 is 2.75 bits per heavy atom. The number of hydrogen-bond donors (Lipinski definition) is 4. The number of carbonyl (C=O) groups is 2. The molecular formula is C20H21N5O3. The van der Waals surface area contributed by atoms with Crippen LogP contribution in [0.3, 0.4) is 0 Å². The van der Waals surface area contributed by atoms with E-state index >= 15 is 0 Å². The average molecular weight is 379 g/mol. The fourth-order valence-electron chi connectivity index (χ4n) is 3.73. The molecule has 28 heavy (non-hydrogen) atoms. The second-order valence-electron chi connectivity index (χ2n) is 7.05. The molecule has 1 aromatic heterocycles. The van der Waals surface area contributed by atoms with Crippen LogP contribution in [0.15, 0.2) is 42.5 Å². The minimum absolute atomic E-state index is 0.257. The lowest BCUT2D eigenvalue weighted by Gasteiger charge is -2.15. The number of nitrogens with one attached hydrogen (secondary N) is 2. The molecule has 1 fully saturated rings. The number of carbonyl (C=O) groups excluding carboxylic acids is 2. The van der Waals surface area contributed by atoms with Crippen LogP contribution in [0.4, 0.5) is 0 Å². The maximum atomic E-state index is 11.6. The molecule has 0 aliphatic carbocycles. The summed E-state index contributed by atoms with van der Waals surface area (Å²) in [5, 5.41) is 8.68. The van der Waals surface area contributed by atoms with Gasteiger partial charge in [0.2, 0.25) is 0 Å². The van der Waals surface area contributed by atoms with Gasteiger partial charge in [-0.1, -0.05) is 18.2 Å². The highest BCUT2D eigenvalue weighted by Gasteiger charge is 2.27. The fraction of sp³-hybridized carbons (Fsp3) is 0.250. The van der Waals surface area contributed by atoms with E-state index in [0.29, 0.717) is 16.6 Å². The van der Waals surface area contributed by atoms with Gasteiger partial charge in [0, 0.05) is 24.6 Å². The molecule has 1 atom stereocenters. The van der Waals surface area contributed by atoms with Gasteiger partial charge in [0.25, 0.3) is 11.8 Å². The smallest absolute Gasteiger partial charge is 0.274 e. The molecule has 3 aromatic rings. The lowest BCUT2D eigenvalue weighted by atomic mass is 10.1. The van der Waals surface area contributed by atoms with E-state index in [4.69, 9.17) is 10.9 Å². The summed E-state index contributed by atoms with van der Waals surface area (Å²) in [7, 11) is 0. The third-order valence-electron chi connectivity index (χ3n) is 5.18. The van der Waals surface area contributed by atoms with Gasteiger partial charge in [-0.15, -0.1) is 0 Å². The van der Waals surface area contributed by atoms with Gasteiger partial charge in [0.05, 0.1) is 11.1 Å². The van der Waals surface area contributed by atoms with Crippen molar-refractivity contribution in [1.29, 1.82) is 0 Å².